The SMILES string of the molecule is Nc1c(Cl)cnn1Cc1ccccc1Cl. The summed E-state index contributed by atoms with van der Waals surface area (Å²) in [5, 5.41) is 5.21. The molecule has 0 radical (unpaired) electrons. The average molecular weight is 242 g/mol. The minimum atomic E-state index is 0.455. The average Bonchev–Trinajstić information content (AvgIpc) is 2.53. The van der Waals surface area contributed by atoms with Crippen LogP contribution in [-0.2, 0) is 6.54 Å². The van der Waals surface area contributed by atoms with Gasteiger partial charge >= 0.3 is 0 Å². The Morgan fingerprint density at radius 3 is 2.53 bits per heavy atom. The maximum Gasteiger partial charge on any atom is 0.140 e. The first-order valence-corrected chi connectivity index (χ1v) is 5.14. The molecule has 1 heterocycles. The van der Waals surface area contributed by atoms with Crippen molar-refractivity contribution in [1.82, 2.24) is 9.78 Å². The molecule has 0 amide bonds. The van der Waals surface area contributed by atoms with E-state index in [1.807, 2.05) is 24.3 Å². The second kappa shape index (κ2) is 4.13. The van der Waals surface area contributed by atoms with Gasteiger partial charge in [0.1, 0.15) is 10.8 Å². The fourth-order valence-electron chi connectivity index (χ4n) is 1.29. The summed E-state index contributed by atoms with van der Waals surface area (Å²) >= 11 is 11.8. The highest BCUT2D eigenvalue weighted by atomic mass is 35.5. The Morgan fingerprint density at radius 1 is 1.20 bits per heavy atom. The molecule has 0 saturated heterocycles. The van der Waals surface area contributed by atoms with Gasteiger partial charge in [-0.05, 0) is 11.6 Å². The Morgan fingerprint density at radius 2 is 1.93 bits per heavy atom. The molecule has 0 atom stereocenters. The van der Waals surface area contributed by atoms with Gasteiger partial charge in [-0.25, -0.2) is 4.68 Å². The number of aromatic nitrogens is 2. The molecule has 1 aromatic carbocycles. The molecule has 78 valence electrons. The summed E-state index contributed by atoms with van der Waals surface area (Å²) in [5.74, 6) is 0.455. The highest BCUT2D eigenvalue weighted by Gasteiger charge is 2.06. The van der Waals surface area contributed by atoms with Crippen LogP contribution in [0.2, 0.25) is 10.0 Å². The number of nitrogen functional groups attached to an aromatic ring is 1. The van der Waals surface area contributed by atoms with Crippen molar-refractivity contribution in [2.24, 2.45) is 0 Å². The third-order valence-corrected chi connectivity index (χ3v) is 2.77. The monoisotopic (exact) mass is 241 g/mol. The number of hydrogen-bond acceptors (Lipinski definition) is 2. The standard InChI is InChI=1S/C10H9Cl2N3/c11-8-4-2-1-3-7(8)6-15-10(13)9(12)5-14-15/h1-5H,6,13H2. The molecule has 2 N–H and O–H groups in total. The predicted molar refractivity (Wildman–Crippen MR) is 62.2 cm³/mol. The van der Waals surface area contributed by atoms with Crippen LogP contribution in [0.3, 0.4) is 0 Å². The molecule has 0 fully saturated rings. The van der Waals surface area contributed by atoms with Crippen LogP contribution < -0.4 is 5.73 Å². The molecule has 15 heavy (non-hydrogen) atoms. The van der Waals surface area contributed by atoms with E-state index >= 15 is 0 Å². The molecular weight excluding hydrogens is 233 g/mol. The molecule has 0 unspecified atom stereocenters. The summed E-state index contributed by atoms with van der Waals surface area (Å²) in [4.78, 5) is 0. The Balaban J connectivity index is 2.30. The van der Waals surface area contributed by atoms with E-state index in [4.69, 9.17) is 28.9 Å². The van der Waals surface area contributed by atoms with Crippen LogP contribution in [0.5, 0.6) is 0 Å². The van der Waals surface area contributed by atoms with Crippen LogP contribution in [0, 0.1) is 0 Å². The molecule has 0 aliphatic rings. The van der Waals surface area contributed by atoms with E-state index in [1.54, 1.807) is 4.68 Å². The highest BCUT2D eigenvalue weighted by Crippen LogP contribution is 2.21. The van der Waals surface area contributed by atoms with E-state index in [0.29, 0.717) is 22.4 Å². The largest absolute Gasteiger partial charge is 0.383 e. The van der Waals surface area contributed by atoms with E-state index < -0.39 is 0 Å². The molecule has 2 rings (SSSR count). The summed E-state index contributed by atoms with van der Waals surface area (Å²) < 4.78 is 1.61. The van der Waals surface area contributed by atoms with Crippen LogP contribution in [0.1, 0.15) is 5.56 Å². The summed E-state index contributed by atoms with van der Waals surface area (Å²) in [6.07, 6.45) is 1.52. The van der Waals surface area contributed by atoms with Gasteiger partial charge in [0.05, 0.1) is 12.7 Å². The van der Waals surface area contributed by atoms with E-state index in [9.17, 15) is 0 Å². The molecule has 0 saturated carbocycles. The number of benzene rings is 1. The third-order valence-electron chi connectivity index (χ3n) is 2.11. The fraction of sp³-hybridized carbons (Fsp3) is 0.100. The van der Waals surface area contributed by atoms with Gasteiger partial charge in [0.2, 0.25) is 0 Å². The molecule has 0 spiro atoms. The van der Waals surface area contributed by atoms with Gasteiger partial charge in [0.25, 0.3) is 0 Å². The van der Waals surface area contributed by atoms with Crippen molar-refractivity contribution in [3.8, 4) is 0 Å². The summed E-state index contributed by atoms with van der Waals surface area (Å²) in [5.41, 5.74) is 6.69. The summed E-state index contributed by atoms with van der Waals surface area (Å²) in [6, 6.07) is 7.56. The van der Waals surface area contributed by atoms with Gasteiger partial charge < -0.3 is 5.73 Å². The topological polar surface area (TPSA) is 43.8 Å². The number of halogens is 2. The number of nitrogens with two attached hydrogens (primary N) is 1. The van der Waals surface area contributed by atoms with Gasteiger partial charge in [-0.2, -0.15) is 5.10 Å². The first-order valence-electron chi connectivity index (χ1n) is 4.38. The molecule has 5 heteroatoms. The lowest BCUT2D eigenvalue weighted by molar-refractivity contribution is 0.697. The molecule has 0 bridgehead atoms. The van der Waals surface area contributed by atoms with Crippen molar-refractivity contribution in [3.05, 3.63) is 46.1 Å². The lowest BCUT2D eigenvalue weighted by Gasteiger charge is -2.05. The Bertz CT molecular complexity index is 479. The Kier molecular flexibility index (Phi) is 2.84. The van der Waals surface area contributed by atoms with Crippen molar-refractivity contribution in [1.29, 1.82) is 0 Å². The maximum absolute atomic E-state index is 6.02. The second-order valence-electron chi connectivity index (χ2n) is 3.13. The van der Waals surface area contributed by atoms with Gasteiger partial charge in [-0.15, -0.1) is 0 Å². The fourth-order valence-corrected chi connectivity index (χ4v) is 1.62. The van der Waals surface area contributed by atoms with E-state index in [2.05, 4.69) is 5.10 Å². The highest BCUT2D eigenvalue weighted by molar-refractivity contribution is 6.32. The van der Waals surface area contributed by atoms with Gasteiger partial charge in [-0.3, -0.25) is 0 Å². The molecule has 1 aromatic heterocycles. The smallest absolute Gasteiger partial charge is 0.140 e. The van der Waals surface area contributed by atoms with Crippen molar-refractivity contribution < 1.29 is 0 Å². The van der Waals surface area contributed by atoms with Crippen LogP contribution >= 0.6 is 23.2 Å². The van der Waals surface area contributed by atoms with Crippen LogP contribution in [0.15, 0.2) is 30.5 Å². The zero-order valence-corrected chi connectivity index (χ0v) is 9.33. The number of anilines is 1. The third kappa shape index (κ3) is 2.08. The number of hydrogen-bond donors (Lipinski definition) is 1. The molecule has 0 aliphatic carbocycles. The van der Waals surface area contributed by atoms with Crippen LogP contribution in [0.25, 0.3) is 0 Å². The van der Waals surface area contributed by atoms with Crippen molar-refractivity contribution in [3.63, 3.8) is 0 Å². The molecule has 0 aliphatic heterocycles. The first-order chi connectivity index (χ1) is 7.18. The van der Waals surface area contributed by atoms with Gasteiger partial charge in [-0.1, -0.05) is 41.4 Å². The Hall–Kier alpha value is -1.19. The zero-order valence-electron chi connectivity index (χ0n) is 7.82. The maximum atomic E-state index is 6.02. The van der Waals surface area contributed by atoms with Crippen LogP contribution in [-0.4, -0.2) is 9.78 Å². The van der Waals surface area contributed by atoms with Crippen molar-refractivity contribution >= 4 is 29.0 Å². The van der Waals surface area contributed by atoms with Crippen molar-refractivity contribution in [2.75, 3.05) is 5.73 Å². The van der Waals surface area contributed by atoms with Gasteiger partial charge in [0, 0.05) is 5.02 Å². The lowest BCUT2D eigenvalue weighted by Crippen LogP contribution is -2.06. The Labute approximate surface area is 97.4 Å². The number of nitrogens with zero attached hydrogens (tertiary/aromatic N) is 2. The molecular formula is C10H9Cl2N3. The minimum Gasteiger partial charge on any atom is -0.383 e. The molecule has 3 nitrogen and oxygen atoms in total. The van der Waals surface area contributed by atoms with Crippen LogP contribution in [0.4, 0.5) is 5.82 Å². The number of rotatable bonds is 2. The second-order valence-corrected chi connectivity index (χ2v) is 3.94. The lowest BCUT2D eigenvalue weighted by atomic mass is 10.2. The summed E-state index contributed by atoms with van der Waals surface area (Å²) in [7, 11) is 0. The summed E-state index contributed by atoms with van der Waals surface area (Å²) in [6.45, 7) is 0.526. The van der Waals surface area contributed by atoms with E-state index in [1.165, 1.54) is 6.20 Å². The quantitative estimate of drug-likeness (QED) is 0.879. The first kappa shape index (κ1) is 10.3. The van der Waals surface area contributed by atoms with Gasteiger partial charge in [0.15, 0.2) is 0 Å². The van der Waals surface area contributed by atoms with Crippen molar-refractivity contribution in [2.45, 2.75) is 6.54 Å². The van der Waals surface area contributed by atoms with E-state index in [0.717, 1.165) is 5.56 Å². The zero-order chi connectivity index (χ0) is 10.8. The van der Waals surface area contributed by atoms with E-state index in [-0.39, 0.29) is 0 Å². The predicted octanol–water partition coefficient (Wildman–Crippen LogP) is 2.82. The normalized spacial score (nSPS) is 10.5. The molecule has 2 aromatic rings. The minimum absolute atomic E-state index is 0.455.